The Bertz CT molecular complexity index is 374. The van der Waals surface area contributed by atoms with Crippen LogP contribution in [-0.4, -0.2) is 25.8 Å². The number of hydrogen-bond acceptors (Lipinski definition) is 4. The zero-order valence-corrected chi connectivity index (χ0v) is 11.2. The lowest BCUT2D eigenvalue weighted by Crippen LogP contribution is -2.33. The van der Waals surface area contributed by atoms with Gasteiger partial charge in [-0.1, -0.05) is 19.6 Å². The normalized spacial score (nSPS) is 11.0. The summed E-state index contributed by atoms with van der Waals surface area (Å²) in [4.78, 5) is 19.1. The van der Waals surface area contributed by atoms with Crippen molar-refractivity contribution in [1.29, 1.82) is 0 Å². The summed E-state index contributed by atoms with van der Waals surface area (Å²) in [7, 11) is -1.50. The van der Waals surface area contributed by atoms with E-state index in [2.05, 4.69) is 29.6 Å². The van der Waals surface area contributed by atoms with E-state index in [1.165, 1.54) is 0 Å². The van der Waals surface area contributed by atoms with Crippen LogP contribution in [0.1, 0.15) is 17.4 Å². The monoisotopic (exact) mass is 238 g/mol. The first-order valence-corrected chi connectivity index (χ1v) is 8.84. The number of esters is 1. The van der Waals surface area contributed by atoms with Gasteiger partial charge in [-0.25, -0.2) is 9.78 Å². The quantitative estimate of drug-likeness (QED) is 0.647. The number of aromatic nitrogens is 1. The van der Waals surface area contributed by atoms with Gasteiger partial charge >= 0.3 is 5.97 Å². The Morgan fingerprint density at radius 2 is 2.19 bits per heavy atom. The van der Waals surface area contributed by atoms with E-state index in [0.29, 0.717) is 12.3 Å². The zero-order valence-electron chi connectivity index (χ0n) is 10.2. The largest absolute Gasteiger partial charge is 0.461 e. The highest BCUT2D eigenvalue weighted by Crippen LogP contribution is 2.17. The minimum atomic E-state index is -1.50. The topological polar surface area (TPSA) is 51.2 Å². The first-order chi connectivity index (χ1) is 7.44. The second kappa shape index (κ2) is 5.11. The van der Waals surface area contributed by atoms with Crippen LogP contribution in [0.25, 0.3) is 0 Å². The number of pyridine rings is 1. The molecule has 0 fully saturated rings. The van der Waals surface area contributed by atoms with Crippen LogP contribution in [0.2, 0.25) is 19.6 Å². The lowest BCUT2D eigenvalue weighted by Gasteiger charge is -2.20. The van der Waals surface area contributed by atoms with Crippen molar-refractivity contribution in [2.45, 2.75) is 26.6 Å². The Labute approximate surface area is 97.1 Å². The van der Waals surface area contributed by atoms with Crippen LogP contribution < -0.4 is 4.98 Å². The molecule has 0 radical (unpaired) electrons. The highest BCUT2D eigenvalue weighted by Gasteiger charge is 2.19. The van der Waals surface area contributed by atoms with Gasteiger partial charge in [-0.05, 0) is 19.1 Å². The highest BCUT2D eigenvalue weighted by atomic mass is 28.3. The molecule has 1 rings (SSSR count). The minimum Gasteiger partial charge on any atom is -0.461 e. The molecule has 1 N–H and O–H groups in total. The predicted molar refractivity (Wildman–Crippen MR) is 67.2 cm³/mol. The van der Waals surface area contributed by atoms with Gasteiger partial charge in [-0.2, -0.15) is 0 Å². The van der Waals surface area contributed by atoms with Crippen LogP contribution in [0.3, 0.4) is 0 Å². The molecule has 0 aliphatic heterocycles. The molecule has 0 spiro atoms. The summed E-state index contributed by atoms with van der Waals surface area (Å²) >= 11 is 0. The first kappa shape index (κ1) is 12.7. The third kappa shape index (κ3) is 3.66. The number of nitrogens with zero attached hydrogens (tertiary/aromatic N) is 1. The molecule has 88 valence electrons. The second-order valence-corrected chi connectivity index (χ2v) is 9.25. The van der Waals surface area contributed by atoms with Gasteiger partial charge in [0.25, 0.3) is 0 Å². The highest BCUT2D eigenvalue weighted by molar-refractivity contribution is 6.79. The van der Waals surface area contributed by atoms with Crippen molar-refractivity contribution in [3.63, 3.8) is 0 Å². The molecule has 0 aliphatic carbocycles. The molecule has 1 aromatic heterocycles. The number of anilines is 1. The van der Waals surface area contributed by atoms with Gasteiger partial charge in [0.1, 0.15) is 8.24 Å². The van der Waals surface area contributed by atoms with Gasteiger partial charge < -0.3 is 9.72 Å². The van der Waals surface area contributed by atoms with E-state index in [9.17, 15) is 4.79 Å². The van der Waals surface area contributed by atoms with Crippen LogP contribution >= 0.6 is 0 Å². The first-order valence-electron chi connectivity index (χ1n) is 5.34. The predicted octanol–water partition coefficient (Wildman–Crippen LogP) is 2.51. The van der Waals surface area contributed by atoms with Gasteiger partial charge in [-0.15, -0.1) is 0 Å². The van der Waals surface area contributed by atoms with E-state index in [1.807, 2.05) is 12.1 Å². The molecule has 0 saturated heterocycles. The van der Waals surface area contributed by atoms with Crippen molar-refractivity contribution >= 4 is 19.9 Å². The maximum atomic E-state index is 11.6. The average molecular weight is 238 g/mol. The molecular formula is C11H18N2O2Si. The molecule has 0 amide bonds. The Morgan fingerprint density at radius 1 is 1.50 bits per heavy atom. The molecule has 16 heavy (non-hydrogen) atoms. The van der Waals surface area contributed by atoms with E-state index in [-0.39, 0.29) is 5.97 Å². The molecule has 0 bridgehead atoms. The maximum Gasteiger partial charge on any atom is 0.359 e. The maximum absolute atomic E-state index is 11.6. The lowest BCUT2D eigenvalue weighted by molar-refractivity contribution is 0.0521. The molecule has 0 atom stereocenters. The van der Waals surface area contributed by atoms with Crippen LogP contribution in [-0.2, 0) is 4.74 Å². The van der Waals surface area contributed by atoms with Crippen molar-refractivity contribution in [3.05, 3.63) is 24.0 Å². The van der Waals surface area contributed by atoms with E-state index < -0.39 is 8.24 Å². The van der Waals surface area contributed by atoms with Crippen LogP contribution in [0.15, 0.2) is 18.3 Å². The van der Waals surface area contributed by atoms with Gasteiger partial charge in [0.05, 0.1) is 12.3 Å². The average Bonchev–Trinajstić information content (AvgIpc) is 2.16. The number of carbonyl (C=O) groups excluding carboxylic acids is 1. The summed E-state index contributed by atoms with van der Waals surface area (Å²) < 4.78 is 4.96. The van der Waals surface area contributed by atoms with E-state index in [1.54, 1.807) is 13.1 Å². The van der Waals surface area contributed by atoms with Gasteiger partial charge in [0.15, 0.2) is 5.69 Å². The molecule has 0 saturated carbocycles. The smallest absolute Gasteiger partial charge is 0.359 e. The summed E-state index contributed by atoms with van der Waals surface area (Å²) in [6.07, 6.45) is 1.60. The standard InChI is InChI=1S/C11H18N2O2Si/c1-5-15-11(14)10-9(7-6-8-12-10)13-16(2,3)4/h6-8,13H,5H2,1-4H3. The lowest BCUT2D eigenvalue weighted by atomic mass is 10.3. The van der Waals surface area contributed by atoms with Crippen molar-refractivity contribution < 1.29 is 9.53 Å². The Morgan fingerprint density at radius 3 is 2.75 bits per heavy atom. The van der Waals surface area contributed by atoms with Gasteiger partial charge in [-0.3, -0.25) is 0 Å². The molecule has 0 unspecified atom stereocenters. The third-order valence-electron chi connectivity index (χ3n) is 1.79. The summed E-state index contributed by atoms with van der Waals surface area (Å²) in [5.41, 5.74) is 1.13. The van der Waals surface area contributed by atoms with E-state index in [4.69, 9.17) is 4.74 Å². The molecule has 1 aromatic rings. The Hall–Kier alpha value is -1.36. The number of carbonyl (C=O) groups is 1. The van der Waals surface area contributed by atoms with Gasteiger partial charge in [0.2, 0.25) is 0 Å². The molecule has 0 aromatic carbocycles. The number of hydrogen-bond donors (Lipinski definition) is 1. The van der Waals surface area contributed by atoms with Crippen LogP contribution in [0.4, 0.5) is 5.69 Å². The summed E-state index contributed by atoms with van der Waals surface area (Å²) in [6, 6.07) is 3.67. The fraction of sp³-hybridized carbons (Fsp3) is 0.455. The molecule has 4 nitrogen and oxygen atoms in total. The molecule has 0 aliphatic rings. The van der Waals surface area contributed by atoms with Gasteiger partial charge in [0, 0.05) is 6.20 Å². The van der Waals surface area contributed by atoms with Crippen LogP contribution in [0.5, 0.6) is 0 Å². The Kier molecular flexibility index (Phi) is 4.06. The fourth-order valence-electron chi connectivity index (χ4n) is 1.27. The third-order valence-corrected chi connectivity index (χ3v) is 2.81. The number of rotatable bonds is 4. The number of ether oxygens (including phenoxy) is 1. The van der Waals surface area contributed by atoms with Crippen LogP contribution in [0, 0.1) is 0 Å². The van der Waals surface area contributed by atoms with Crippen molar-refractivity contribution in [2.24, 2.45) is 0 Å². The summed E-state index contributed by atoms with van der Waals surface area (Å²) in [5.74, 6) is -0.371. The Balaban J connectivity index is 2.96. The van der Waals surface area contributed by atoms with E-state index >= 15 is 0 Å². The fourth-order valence-corrected chi connectivity index (χ4v) is 2.28. The summed E-state index contributed by atoms with van der Waals surface area (Å²) in [5, 5.41) is 0. The van der Waals surface area contributed by atoms with Crippen molar-refractivity contribution in [3.8, 4) is 0 Å². The van der Waals surface area contributed by atoms with Crippen molar-refractivity contribution in [2.75, 3.05) is 11.6 Å². The van der Waals surface area contributed by atoms with Crippen molar-refractivity contribution in [1.82, 2.24) is 4.98 Å². The SMILES string of the molecule is CCOC(=O)c1ncccc1N[Si](C)(C)C. The molecule has 1 heterocycles. The molecule has 5 heteroatoms. The zero-order chi connectivity index (χ0) is 12.2. The number of nitrogens with one attached hydrogen (secondary N) is 1. The minimum absolute atomic E-state index is 0.363. The molecular weight excluding hydrogens is 220 g/mol. The van der Waals surface area contributed by atoms with E-state index in [0.717, 1.165) is 5.69 Å². The second-order valence-electron chi connectivity index (χ2n) is 4.50. The summed E-state index contributed by atoms with van der Waals surface area (Å²) in [6.45, 7) is 8.63.